The summed E-state index contributed by atoms with van der Waals surface area (Å²) in [5.41, 5.74) is 0.202. The zero-order chi connectivity index (χ0) is 10.6. The molecule has 2 rings (SSSR count). The second-order valence-electron chi connectivity index (χ2n) is 4.92. The lowest BCUT2D eigenvalue weighted by atomic mass is 9.82. The molecule has 1 unspecified atom stereocenters. The normalized spacial score (nSPS) is 31.4. The predicted molar refractivity (Wildman–Crippen MR) is 66.5 cm³/mol. The van der Waals surface area contributed by atoms with Crippen molar-refractivity contribution >= 4 is 11.8 Å². The highest BCUT2D eigenvalue weighted by molar-refractivity contribution is 7.99. The van der Waals surface area contributed by atoms with E-state index in [-0.39, 0.29) is 5.60 Å². The zero-order valence-corrected chi connectivity index (χ0v) is 10.6. The Kier molecular flexibility index (Phi) is 4.35. The molecule has 0 aromatic heterocycles. The fourth-order valence-corrected chi connectivity index (χ4v) is 4.02. The van der Waals surface area contributed by atoms with Crippen LogP contribution in [-0.4, -0.2) is 37.3 Å². The summed E-state index contributed by atoms with van der Waals surface area (Å²) in [5, 5.41) is 3.43. The van der Waals surface area contributed by atoms with Crippen molar-refractivity contribution in [2.75, 3.05) is 31.7 Å². The lowest BCUT2D eigenvalue weighted by Gasteiger charge is -2.39. The van der Waals surface area contributed by atoms with Crippen LogP contribution in [-0.2, 0) is 4.74 Å². The van der Waals surface area contributed by atoms with Crippen LogP contribution in [0, 0.1) is 5.92 Å². The van der Waals surface area contributed by atoms with Crippen LogP contribution in [0.5, 0.6) is 0 Å². The molecule has 1 atom stereocenters. The highest BCUT2D eigenvalue weighted by atomic mass is 32.2. The number of methoxy groups -OCH3 is 1. The summed E-state index contributed by atoms with van der Waals surface area (Å²) in [7, 11) is 1.90. The predicted octanol–water partition coefficient (Wildman–Crippen LogP) is 2.29. The van der Waals surface area contributed by atoms with E-state index < -0.39 is 0 Å². The molecule has 0 radical (unpaired) electrons. The summed E-state index contributed by atoms with van der Waals surface area (Å²) in [6, 6.07) is 0. The van der Waals surface area contributed by atoms with Crippen molar-refractivity contribution in [3.8, 4) is 0 Å². The lowest BCUT2D eigenvalue weighted by molar-refractivity contribution is -0.0504. The molecule has 0 aromatic rings. The third-order valence-corrected chi connectivity index (χ3v) is 5.15. The first-order valence-corrected chi connectivity index (χ1v) is 7.34. The Morgan fingerprint density at radius 3 is 2.80 bits per heavy atom. The molecule has 15 heavy (non-hydrogen) atoms. The minimum atomic E-state index is 0.202. The Balaban J connectivity index is 1.87. The number of hydrogen-bond donors (Lipinski definition) is 1. The number of nitrogens with one attached hydrogen (secondary N) is 1. The molecular weight excluding hydrogens is 206 g/mol. The van der Waals surface area contributed by atoms with Crippen LogP contribution in [0.15, 0.2) is 0 Å². The van der Waals surface area contributed by atoms with Gasteiger partial charge in [-0.15, -0.1) is 0 Å². The van der Waals surface area contributed by atoms with Crippen LogP contribution < -0.4 is 5.32 Å². The van der Waals surface area contributed by atoms with Crippen LogP contribution in [0.3, 0.4) is 0 Å². The smallest absolute Gasteiger partial charge is 0.0705 e. The summed E-state index contributed by atoms with van der Waals surface area (Å²) >= 11 is 2.13. The molecule has 2 aliphatic heterocycles. The molecule has 0 aromatic carbocycles. The molecule has 3 heteroatoms. The Bertz CT molecular complexity index is 186. The van der Waals surface area contributed by atoms with Crippen molar-refractivity contribution < 1.29 is 4.74 Å². The molecule has 0 amide bonds. The van der Waals surface area contributed by atoms with Crippen molar-refractivity contribution in [2.45, 2.75) is 37.7 Å². The van der Waals surface area contributed by atoms with Gasteiger partial charge in [-0.25, -0.2) is 0 Å². The van der Waals surface area contributed by atoms with E-state index in [9.17, 15) is 0 Å². The van der Waals surface area contributed by atoms with Crippen LogP contribution in [0.1, 0.15) is 32.1 Å². The third-order valence-electron chi connectivity index (χ3n) is 3.86. The molecule has 1 N–H and O–H groups in total. The molecule has 2 saturated heterocycles. The molecule has 0 bridgehead atoms. The lowest BCUT2D eigenvalue weighted by Crippen LogP contribution is -2.45. The summed E-state index contributed by atoms with van der Waals surface area (Å²) in [6.07, 6.45) is 6.52. The minimum Gasteiger partial charge on any atom is -0.378 e. The topological polar surface area (TPSA) is 21.3 Å². The quantitative estimate of drug-likeness (QED) is 0.802. The molecule has 2 fully saturated rings. The van der Waals surface area contributed by atoms with Crippen molar-refractivity contribution in [2.24, 2.45) is 5.92 Å². The van der Waals surface area contributed by atoms with Gasteiger partial charge in [0.1, 0.15) is 0 Å². The number of rotatable bonds is 3. The first kappa shape index (κ1) is 11.7. The van der Waals surface area contributed by atoms with Crippen LogP contribution in [0.2, 0.25) is 0 Å². The van der Waals surface area contributed by atoms with Crippen molar-refractivity contribution in [3.63, 3.8) is 0 Å². The van der Waals surface area contributed by atoms with Crippen LogP contribution in [0.4, 0.5) is 0 Å². The number of thioether (sulfide) groups is 1. The summed E-state index contributed by atoms with van der Waals surface area (Å²) < 4.78 is 5.83. The van der Waals surface area contributed by atoms with Gasteiger partial charge in [-0.05, 0) is 62.6 Å². The van der Waals surface area contributed by atoms with E-state index in [1.165, 1.54) is 43.6 Å². The average Bonchev–Trinajstić information content (AvgIpc) is 2.32. The first-order valence-electron chi connectivity index (χ1n) is 6.18. The maximum absolute atomic E-state index is 5.83. The highest BCUT2D eigenvalue weighted by Crippen LogP contribution is 2.35. The molecule has 2 aliphatic rings. The Morgan fingerprint density at radius 1 is 1.40 bits per heavy atom. The largest absolute Gasteiger partial charge is 0.378 e. The summed E-state index contributed by atoms with van der Waals surface area (Å²) in [4.78, 5) is 0. The minimum absolute atomic E-state index is 0.202. The molecule has 0 saturated carbocycles. The molecule has 2 nitrogen and oxygen atoms in total. The van der Waals surface area contributed by atoms with E-state index in [0.717, 1.165) is 19.0 Å². The van der Waals surface area contributed by atoms with Gasteiger partial charge in [0.2, 0.25) is 0 Å². The maximum Gasteiger partial charge on any atom is 0.0705 e. The van der Waals surface area contributed by atoms with Gasteiger partial charge < -0.3 is 10.1 Å². The van der Waals surface area contributed by atoms with Crippen molar-refractivity contribution in [1.82, 2.24) is 5.32 Å². The SMILES string of the molecule is COC1(CC2CCCSC2)CCNCC1. The van der Waals surface area contributed by atoms with Crippen LogP contribution >= 0.6 is 11.8 Å². The summed E-state index contributed by atoms with van der Waals surface area (Å²) in [6.45, 7) is 2.27. The molecule has 2 heterocycles. The first-order chi connectivity index (χ1) is 7.35. The number of piperidine rings is 1. The summed E-state index contributed by atoms with van der Waals surface area (Å²) in [5.74, 6) is 3.64. The van der Waals surface area contributed by atoms with E-state index in [0.29, 0.717) is 0 Å². The van der Waals surface area contributed by atoms with Crippen molar-refractivity contribution in [3.05, 3.63) is 0 Å². The van der Waals surface area contributed by atoms with E-state index in [1.54, 1.807) is 0 Å². The number of hydrogen-bond acceptors (Lipinski definition) is 3. The Hall–Kier alpha value is 0.270. The van der Waals surface area contributed by atoms with E-state index in [4.69, 9.17) is 4.74 Å². The van der Waals surface area contributed by atoms with Gasteiger partial charge in [0, 0.05) is 7.11 Å². The fraction of sp³-hybridized carbons (Fsp3) is 1.00. The molecule has 88 valence electrons. The van der Waals surface area contributed by atoms with Crippen molar-refractivity contribution in [1.29, 1.82) is 0 Å². The van der Waals surface area contributed by atoms with Gasteiger partial charge >= 0.3 is 0 Å². The Labute approximate surface area is 97.5 Å². The van der Waals surface area contributed by atoms with Gasteiger partial charge in [-0.1, -0.05) is 0 Å². The Morgan fingerprint density at radius 2 is 2.20 bits per heavy atom. The second kappa shape index (κ2) is 5.55. The maximum atomic E-state index is 5.83. The van der Waals surface area contributed by atoms with E-state index in [2.05, 4.69) is 17.1 Å². The third kappa shape index (κ3) is 3.11. The molecule has 0 spiro atoms. The van der Waals surface area contributed by atoms with E-state index >= 15 is 0 Å². The zero-order valence-electron chi connectivity index (χ0n) is 9.76. The number of ether oxygens (including phenoxy) is 1. The van der Waals surface area contributed by atoms with Gasteiger partial charge in [-0.2, -0.15) is 11.8 Å². The van der Waals surface area contributed by atoms with Gasteiger partial charge in [0.05, 0.1) is 5.60 Å². The average molecular weight is 229 g/mol. The fourth-order valence-electron chi connectivity index (χ4n) is 2.87. The van der Waals surface area contributed by atoms with Gasteiger partial charge in [0.25, 0.3) is 0 Å². The molecular formula is C12H23NOS. The monoisotopic (exact) mass is 229 g/mol. The second-order valence-corrected chi connectivity index (χ2v) is 6.07. The standard InChI is InChI=1S/C12H23NOS/c1-14-12(4-6-13-7-5-12)9-11-3-2-8-15-10-11/h11,13H,2-10H2,1H3. The highest BCUT2D eigenvalue weighted by Gasteiger charge is 2.34. The van der Waals surface area contributed by atoms with Crippen LogP contribution in [0.25, 0.3) is 0 Å². The van der Waals surface area contributed by atoms with Gasteiger partial charge in [-0.3, -0.25) is 0 Å². The van der Waals surface area contributed by atoms with E-state index in [1.807, 2.05) is 7.11 Å². The molecule has 0 aliphatic carbocycles. The van der Waals surface area contributed by atoms with Gasteiger partial charge in [0.15, 0.2) is 0 Å².